The van der Waals surface area contributed by atoms with Crippen molar-refractivity contribution in [1.29, 1.82) is 0 Å². The van der Waals surface area contributed by atoms with Crippen molar-refractivity contribution in [3.63, 3.8) is 0 Å². The quantitative estimate of drug-likeness (QED) is 0.764. The number of hydrogen-bond acceptors (Lipinski definition) is 6. The van der Waals surface area contributed by atoms with Crippen molar-refractivity contribution in [3.05, 3.63) is 42.4 Å². The third-order valence-electron chi connectivity index (χ3n) is 3.23. The first-order chi connectivity index (χ1) is 10.7. The fraction of sp³-hybridized carbons (Fsp3) is 0.312. The minimum absolute atomic E-state index is 0.136. The fourth-order valence-corrected chi connectivity index (χ4v) is 1.83. The summed E-state index contributed by atoms with van der Waals surface area (Å²) in [6.07, 6.45) is 5.19. The van der Waals surface area contributed by atoms with Gasteiger partial charge in [0.05, 0.1) is 26.1 Å². The zero-order chi connectivity index (χ0) is 15.4. The Morgan fingerprint density at radius 1 is 1.23 bits per heavy atom. The summed E-state index contributed by atoms with van der Waals surface area (Å²) >= 11 is 0. The number of ether oxygens (including phenoxy) is 3. The van der Waals surface area contributed by atoms with Crippen molar-refractivity contribution >= 4 is 5.97 Å². The van der Waals surface area contributed by atoms with Gasteiger partial charge >= 0.3 is 5.97 Å². The first-order valence-electron chi connectivity index (χ1n) is 7.05. The summed E-state index contributed by atoms with van der Waals surface area (Å²) in [5.74, 6) is 1.83. The molecule has 1 aliphatic rings. The van der Waals surface area contributed by atoms with Gasteiger partial charge in [-0.3, -0.25) is 0 Å². The molecular formula is C16H16N2O4. The fourth-order valence-electron chi connectivity index (χ4n) is 1.83. The summed E-state index contributed by atoms with van der Waals surface area (Å²) in [5, 5.41) is 0. The van der Waals surface area contributed by atoms with Crippen molar-refractivity contribution < 1.29 is 19.0 Å². The van der Waals surface area contributed by atoms with E-state index < -0.39 is 5.97 Å². The number of carbonyl (C=O) groups is 1. The Labute approximate surface area is 128 Å². The molecule has 6 nitrogen and oxygen atoms in total. The monoisotopic (exact) mass is 300 g/mol. The zero-order valence-corrected chi connectivity index (χ0v) is 12.2. The highest BCUT2D eigenvalue weighted by molar-refractivity contribution is 5.86. The molecule has 0 bridgehead atoms. The minimum Gasteiger partial charge on any atom is -0.493 e. The zero-order valence-electron chi connectivity index (χ0n) is 12.2. The third-order valence-corrected chi connectivity index (χ3v) is 3.23. The lowest BCUT2D eigenvalue weighted by Crippen LogP contribution is -2.04. The molecule has 1 fully saturated rings. The lowest BCUT2D eigenvalue weighted by Gasteiger charge is -2.08. The molecule has 0 aliphatic heterocycles. The Bertz CT molecular complexity index is 653. The van der Waals surface area contributed by atoms with Crippen LogP contribution in [0.25, 0.3) is 0 Å². The Morgan fingerprint density at radius 3 is 2.73 bits per heavy atom. The lowest BCUT2D eigenvalue weighted by molar-refractivity contribution is 0.0593. The van der Waals surface area contributed by atoms with E-state index in [1.54, 1.807) is 12.1 Å². The summed E-state index contributed by atoms with van der Waals surface area (Å²) < 4.78 is 15.9. The van der Waals surface area contributed by atoms with Crippen molar-refractivity contribution in [3.8, 4) is 17.4 Å². The van der Waals surface area contributed by atoms with E-state index in [1.165, 1.54) is 32.3 Å². The molecule has 1 aromatic carbocycles. The molecular weight excluding hydrogens is 284 g/mol. The van der Waals surface area contributed by atoms with Crippen LogP contribution >= 0.6 is 0 Å². The predicted molar refractivity (Wildman–Crippen MR) is 78.1 cm³/mol. The second kappa shape index (κ2) is 6.43. The number of benzene rings is 1. The van der Waals surface area contributed by atoms with Crippen molar-refractivity contribution in [2.75, 3.05) is 13.7 Å². The van der Waals surface area contributed by atoms with Crippen LogP contribution in [0.4, 0.5) is 0 Å². The van der Waals surface area contributed by atoms with E-state index >= 15 is 0 Å². The van der Waals surface area contributed by atoms with E-state index in [-0.39, 0.29) is 5.69 Å². The molecule has 1 aromatic heterocycles. The highest BCUT2D eigenvalue weighted by Crippen LogP contribution is 2.30. The van der Waals surface area contributed by atoms with Crippen LogP contribution in [0.15, 0.2) is 36.7 Å². The molecule has 0 spiro atoms. The number of hydrogen-bond donors (Lipinski definition) is 0. The minimum atomic E-state index is -0.533. The summed E-state index contributed by atoms with van der Waals surface area (Å²) in [6, 6.07) is 7.35. The van der Waals surface area contributed by atoms with Crippen molar-refractivity contribution in [2.45, 2.75) is 12.8 Å². The second-order valence-electron chi connectivity index (χ2n) is 5.06. The summed E-state index contributed by atoms with van der Waals surface area (Å²) in [5.41, 5.74) is 0.136. The van der Waals surface area contributed by atoms with Crippen LogP contribution < -0.4 is 9.47 Å². The molecule has 1 aliphatic carbocycles. The summed E-state index contributed by atoms with van der Waals surface area (Å²) in [7, 11) is 1.29. The van der Waals surface area contributed by atoms with Gasteiger partial charge in [0.1, 0.15) is 11.5 Å². The standard InChI is InChI=1S/C16H16N2O4/c1-20-16(19)14-8-18-15(9-17-14)22-13-4-2-3-12(7-13)21-10-11-5-6-11/h2-4,7-9,11H,5-6,10H2,1H3. The molecule has 0 unspecified atom stereocenters. The molecule has 22 heavy (non-hydrogen) atoms. The van der Waals surface area contributed by atoms with Crippen molar-refractivity contribution in [1.82, 2.24) is 9.97 Å². The van der Waals surface area contributed by atoms with E-state index in [0.29, 0.717) is 17.5 Å². The Balaban J connectivity index is 1.64. The molecule has 2 aromatic rings. The average Bonchev–Trinajstić information content (AvgIpc) is 3.38. The topological polar surface area (TPSA) is 70.5 Å². The SMILES string of the molecule is COC(=O)c1cnc(Oc2cccc(OCC3CC3)c2)cn1. The van der Waals surface area contributed by atoms with Gasteiger partial charge in [0.15, 0.2) is 5.69 Å². The molecule has 3 rings (SSSR count). The van der Waals surface area contributed by atoms with Gasteiger partial charge in [-0.05, 0) is 30.9 Å². The number of nitrogens with zero attached hydrogens (tertiary/aromatic N) is 2. The van der Waals surface area contributed by atoms with E-state index in [2.05, 4.69) is 14.7 Å². The van der Waals surface area contributed by atoms with Gasteiger partial charge < -0.3 is 14.2 Å². The number of carbonyl (C=O) groups excluding carboxylic acids is 1. The first-order valence-corrected chi connectivity index (χ1v) is 7.05. The maximum absolute atomic E-state index is 11.3. The average molecular weight is 300 g/mol. The van der Waals surface area contributed by atoms with Gasteiger partial charge in [0.2, 0.25) is 5.88 Å². The van der Waals surface area contributed by atoms with Crippen LogP contribution in [0.1, 0.15) is 23.3 Å². The lowest BCUT2D eigenvalue weighted by atomic mass is 10.3. The van der Waals surface area contributed by atoms with Crippen LogP contribution in [0, 0.1) is 5.92 Å². The third kappa shape index (κ3) is 3.72. The maximum atomic E-state index is 11.3. The molecule has 0 saturated heterocycles. The Morgan fingerprint density at radius 2 is 2.05 bits per heavy atom. The van der Waals surface area contributed by atoms with Gasteiger partial charge in [-0.2, -0.15) is 0 Å². The second-order valence-corrected chi connectivity index (χ2v) is 5.06. The molecule has 0 atom stereocenters. The molecule has 114 valence electrons. The van der Waals surface area contributed by atoms with Crippen LogP contribution in [0.5, 0.6) is 17.4 Å². The van der Waals surface area contributed by atoms with E-state index in [1.807, 2.05) is 12.1 Å². The smallest absolute Gasteiger partial charge is 0.358 e. The number of esters is 1. The molecule has 0 N–H and O–H groups in total. The summed E-state index contributed by atoms with van der Waals surface area (Å²) in [6.45, 7) is 0.747. The van der Waals surface area contributed by atoms with Crippen LogP contribution in [-0.4, -0.2) is 29.7 Å². The first kappa shape index (κ1) is 14.3. The van der Waals surface area contributed by atoms with Gasteiger partial charge in [-0.15, -0.1) is 0 Å². The molecule has 0 radical (unpaired) electrons. The van der Waals surface area contributed by atoms with Gasteiger partial charge in [-0.1, -0.05) is 6.07 Å². The molecule has 1 saturated carbocycles. The van der Waals surface area contributed by atoms with Crippen LogP contribution in [0.2, 0.25) is 0 Å². The number of aromatic nitrogens is 2. The number of rotatable bonds is 6. The number of methoxy groups -OCH3 is 1. The Kier molecular flexibility index (Phi) is 4.18. The highest BCUT2D eigenvalue weighted by Gasteiger charge is 2.21. The van der Waals surface area contributed by atoms with E-state index in [0.717, 1.165) is 12.4 Å². The largest absolute Gasteiger partial charge is 0.493 e. The molecule has 0 amide bonds. The van der Waals surface area contributed by atoms with E-state index in [4.69, 9.17) is 9.47 Å². The van der Waals surface area contributed by atoms with Crippen molar-refractivity contribution in [2.24, 2.45) is 5.92 Å². The van der Waals surface area contributed by atoms with Gasteiger partial charge in [-0.25, -0.2) is 14.8 Å². The Hall–Kier alpha value is -2.63. The predicted octanol–water partition coefficient (Wildman–Crippen LogP) is 2.84. The van der Waals surface area contributed by atoms with Gasteiger partial charge in [0, 0.05) is 6.07 Å². The molecule has 6 heteroatoms. The van der Waals surface area contributed by atoms with Crippen LogP contribution in [-0.2, 0) is 4.74 Å². The van der Waals surface area contributed by atoms with Gasteiger partial charge in [0.25, 0.3) is 0 Å². The maximum Gasteiger partial charge on any atom is 0.358 e. The summed E-state index contributed by atoms with van der Waals surface area (Å²) in [4.78, 5) is 19.3. The normalized spacial score (nSPS) is 13.5. The molecule has 1 heterocycles. The van der Waals surface area contributed by atoms with E-state index in [9.17, 15) is 4.79 Å². The van der Waals surface area contributed by atoms with Crippen LogP contribution in [0.3, 0.4) is 0 Å². The highest BCUT2D eigenvalue weighted by atomic mass is 16.5.